The summed E-state index contributed by atoms with van der Waals surface area (Å²) >= 11 is 0. The molecule has 1 amide bonds. The van der Waals surface area contributed by atoms with Crippen LogP contribution in [0.5, 0.6) is 5.75 Å². The van der Waals surface area contributed by atoms with E-state index in [-0.39, 0.29) is 5.91 Å². The van der Waals surface area contributed by atoms with Crippen molar-refractivity contribution >= 4 is 5.91 Å². The van der Waals surface area contributed by atoms with Gasteiger partial charge in [-0.15, -0.1) is 0 Å². The Kier molecular flexibility index (Phi) is 6.99. The van der Waals surface area contributed by atoms with Gasteiger partial charge in [-0.25, -0.2) is 0 Å². The van der Waals surface area contributed by atoms with E-state index in [0.29, 0.717) is 24.5 Å². The van der Waals surface area contributed by atoms with E-state index in [2.05, 4.69) is 11.4 Å². The van der Waals surface area contributed by atoms with Gasteiger partial charge in [-0.2, -0.15) is 5.26 Å². The van der Waals surface area contributed by atoms with E-state index in [9.17, 15) is 4.79 Å². The summed E-state index contributed by atoms with van der Waals surface area (Å²) in [6.07, 6.45) is -0.742. The van der Waals surface area contributed by atoms with Crippen molar-refractivity contribution in [1.82, 2.24) is 5.32 Å². The Balaban J connectivity index is 1.62. The average molecular weight is 386 g/mol. The number of nitriles is 1. The molecule has 3 aromatic carbocycles. The quantitative estimate of drug-likeness (QED) is 0.632. The molecule has 0 spiro atoms. The van der Waals surface area contributed by atoms with Gasteiger partial charge in [0.1, 0.15) is 12.4 Å². The standard InChI is InChI=1S/C24H22N2O3/c1-28-23(24(27)26-16-19-12-10-18(15-25)11-13-19)21-8-5-9-22(14-21)29-17-20-6-3-2-4-7-20/h2-14,23H,16-17H2,1H3,(H,26,27). The molecule has 0 aliphatic rings. The molecule has 0 bridgehead atoms. The van der Waals surface area contributed by atoms with E-state index in [0.717, 1.165) is 16.7 Å². The summed E-state index contributed by atoms with van der Waals surface area (Å²) in [6.45, 7) is 0.807. The number of nitrogens with one attached hydrogen (secondary N) is 1. The SMILES string of the molecule is COC(C(=O)NCc1ccc(C#N)cc1)c1cccc(OCc2ccccc2)c1. The fourth-order valence-electron chi connectivity index (χ4n) is 2.88. The van der Waals surface area contributed by atoms with Gasteiger partial charge in [-0.05, 0) is 41.0 Å². The lowest BCUT2D eigenvalue weighted by atomic mass is 10.1. The Labute approximate surface area is 170 Å². The molecule has 0 aliphatic heterocycles. The maximum atomic E-state index is 12.6. The van der Waals surface area contributed by atoms with Crippen LogP contribution in [0.3, 0.4) is 0 Å². The predicted molar refractivity (Wildman–Crippen MR) is 110 cm³/mol. The predicted octanol–water partition coefficient (Wildman–Crippen LogP) is 4.14. The molecule has 29 heavy (non-hydrogen) atoms. The van der Waals surface area contributed by atoms with Gasteiger partial charge >= 0.3 is 0 Å². The number of amides is 1. The Bertz CT molecular complexity index is 979. The third-order valence-corrected chi connectivity index (χ3v) is 4.43. The van der Waals surface area contributed by atoms with Crippen molar-refractivity contribution < 1.29 is 14.3 Å². The molecule has 5 nitrogen and oxygen atoms in total. The number of carbonyl (C=O) groups excluding carboxylic acids is 1. The number of nitrogens with zero attached hydrogens (tertiary/aromatic N) is 1. The Hall–Kier alpha value is -3.62. The monoisotopic (exact) mass is 386 g/mol. The van der Waals surface area contributed by atoms with Crippen molar-refractivity contribution in [2.45, 2.75) is 19.3 Å². The molecule has 0 heterocycles. The molecule has 0 aromatic heterocycles. The molecule has 1 unspecified atom stereocenters. The first-order valence-corrected chi connectivity index (χ1v) is 9.26. The number of ether oxygens (including phenoxy) is 2. The Morgan fingerprint density at radius 2 is 1.76 bits per heavy atom. The lowest BCUT2D eigenvalue weighted by Crippen LogP contribution is -2.30. The molecule has 1 N–H and O–H groups in total. The highest BCUT2D eigenvalue weighted by Crippen LogP contribution is 2.23. The number of rotatable bonds is 8. The number of hydrogen-bond acceptors (Lipinski definition) is 4. The second-order valence-electron chi connectivity index (χ2n) is 6.49. The first kappa shape index (κ1) is 20.1. The summed E-state index contributed by atoms with van der Waals surface area (Å²) in [5, 5.41) is 11.7. The molecule has 0 saturated heterocycles. The normalized spacial score (nSPS) is 11.3. The van der Waals surface area contributed by atoms with Crippen LogP contribution < -0.4 is 10.1 Å². The van der Waals surface area contributed by atoms with Crippen LogP contribution in [0.1, 0.15) is 28.4 Å². The summed E-state index contributed by atoms with van der Waals surface area (Å²) in [6, 6.07) is 26.4. The third kappa shape index (κ3) is 5.68. The third-order valence-electron chi connectivity index (χ3n) is 4.43. The van der Waals surface area contributed by atoms with Gasteiger partial charge in [0.25, 0.3) is 5.91 Å². The van der Waals surface area contributed by atoms with Gasteiger partial charge in [-0.1, -0.05) is 54.6 Å². The minimum absolute atomic E-state index is 0.239. The molecule has 3 rings (SSSR count). The van der Waals surface area contributed by atoms with Crippen LogP contribution in [0.4, 0.5) is 0 Å². The molecule has 0 saturated carbocycles. The lowest BCUT2D eigenvalue weighted by molar-refractivity contribution is -0.131. The summed E-state index contributed by atoms with van der Waals surface area (Å²) in [5.74, 6) is 0.436. The van der Waals surface area contributed by atoms with Crippen LogP contribution in [0, 0.1) is 11.3 Å². The van der Waals surface area contributed by atoms with E-state index in [4.69, 9.17) is 14.7 Å². The zero-order chi connectivity index (χ0) is 20.5. The van der Waals surface area contributed by atoms with Crippen LogP contribution in [0.15, 0.2) is 78.9 Å². The topological polar surface area (TPSA) is 71.3 Å². The fourth-order valence-corrected chi connectivity index (χ4v) is 2.88. The van der Waals surface area contributed by atoms with Crippen molar-refractivity contribution in [2.24, 2.45) is 0 Å². The maximum absolute atomic E-state index is 12.6. The first-order valence-electron chi connectivity index (χ1n) is 9.26. The van der Waals surface area contributed by atoms with Gasteiger partial charge in [0.15, 0.2) is 6.10 Å². The van der Waals surface area contributed by atoms with Gasteiger partial charge in [0.2, 0.25) is 0 Å². The van der Waals surface area contributed by atoms with Crippen molar-refractivity contribution in [3.63, 3.8) is 0 Å². The van der Waals surface area contributed by atoms with E-state index >= 15 is 0 Å². The fraction of sp³-hybridized carbons (Fsp3) is 0.167. The summed E-state index contributed by atoms with van der Waals surface area (Å²) in [5.41, 5.74) is 3.28. The van der Waals surface area contributed by atoms with Crippen LogP contribution in [0.25, 0.3) is 0 Å². The van der Waals surface area contributed by atoms with Crippen LogP contribution in [0.2, 0.25) is 0 Å². The number of hydrogen-bond donors (Lipinski definition) is 1. The van der Waals surface area contributed by atoms with E-state index in [1.807, 2.05) is 66.7 Å². The summed E-state index contributed by atoms with van der Waals surface area (Å²) < 4.78 is 11.3. The van der Waals surface area contributed by atoms with E-state index in [1.54, 1.807) is 12.1 Å². The molecule has 0 aliphatic carbocycles. The van der Waals surface area contributed by atoms with E-state index < -0.39 is 6.10 Å². The molecular weight excluding hydrogens is 364 g/mol. The second kappa shape index (κ2) is 10.1. The number of methoxy groups -OCH3 is 1. The van der Waals surface area contributed by atoms with Crippen molar-refractivity contribution in [1.29, 1.82) is 5.26 Å². The van der Waals surface area contributed by atoms with Crippen LogP contribution in [-0.2, 0) is 22.7 Å². The van der Waals surface area contributed by atoms with Crippen molar-refractivity contribution in [3.8, 4) is 11.8 Å². The Morgan fingerprint density at radius 3 is 2.45 bits per heavy atom. The largest absolute Gasteiger partial charge is 0.489 e. The van der Waals surface area contributed by atoms with E-state index in [1.165, 1.54) is 7.11 Å². The molecule has 0 radical (unpaired) electrons. The minimum atomic E-state index is -0.742. The average Bonchev–Trinajstić information content (AvgIpc) is 2.78. The van der Waals surface area contributed by atoms with Crippen LogP contribution >= 0.6 is 0 Å². The van der Waals surface area contributed by atoms with Crippen molar-refractivity contribution in [2.75, 3.05) is 7.11 Å². The zero-order valence-corrected chi connectivity index (χ0v) is 16.2. The first-order chi connectivity index (χ1) is 14.2. The number of carbonyl (C=O) groups is 1. The van der Waals surface area contributed by atoms with Crippen LogP contribution in [-0.4, -0.2) is 13.0 Å². The summed E-state index contributed by atoms with van der Waals surface area (Å²) in [7, 11) is 1.50. The zero-order valence-electron chi connectivity index (χ0n) is 16.2. The number of benzene rings is 3. The smallest absolute Gasteiger partial charge is 0.254 e. The summed E-state index contributed by atoms with van der Waals surface area (Å²) in [4.78, 5) is 12.6. The molecular formula is C24H22N2O3. The molecule has 146 valence electrons. The highest BCUT2D eigenvalue weighted by atomic mass is 16.5. The van der Waals surface area contributed by atoms with Gasteiger partial charge < -0.3 is 14.8 Å². The Morgan fingerprint density at radius 1 is 1.00 bits per heavy atom. The van der Waals surface area contributed by atoms with Gasteiger partial charge in [0, 0.05) is 13.7 Å². The minimum Gasteiger partial charge on any atom is -0.489 e. The molecule has 5 heteroatoms. The molecule has 3 aromatic rings. The maximum Gasteiger partial charge on any atom is 0.254 e. The highest BCUT2D eigenvalue weighted by Gasteiger charge is 2.20. The molecule has 1 atom stereocenters. The lowest BCUT2D eigenvalue weighted by Gasteiger charge is -2.17. The molecule has 0 fully saturated rings. The van der Waals surface area contributed by atoms with Gasteiger partial charge in [0.05, 0.1) is 11.6 Å². The highest BCUT2D eigenvalue weighted by molar-refractivity contribution is 5.82. The van der Waals surface area contributed by atoms with Gasteiger partial charge in [-0.3, -0.25) is 4.79 Å². The van der Waals surface area contributed by atoms with Crippen molar-refractivity contribution in [3.05, 3.63) is 101 Å². The second-order valence-corrected chi connectivity index (χ2v) is 6.49.